The van der Waals surface area contributed by atoms with Gasteiger partial charge in [0.2, 0.25) is 5.91 Å². The van der Waals surface area contributed by atoms with Crippen LogP contribution in [0.25, 0.3) is 0 Å². The van der Waals surface area contributed by atoms with Crippen LogP contribution in [0.3, 0.4) is 0 Å². The molecule has 1 aromatic carbocycles. The normalized spacial score (nSPS) is 22.4. The van der Waals surface area contributed by atoms with Gasteiger partial charge in [0, 0.05) is 63.2 Å². The Hall–Kier alpha value is -1.25. The quantitative estimate of drug-likeness (QED) is 0.861. The molecule has 2 aliphatic heterocycles. The Morgan fingerprint density at radius 2 is 2.00 bits per heavy atom. The highest BCUT2D eigenvalue weighted by atomic mass is 32.2. The van der Waals surface area contributed by atoms with E-state index in [9.17, 15) is 18.0 Å². The zero-order chi connectivity index (χ0) is 18.6. The van der Waals surface area contributed by atoms with Crippen molar-refractivity contribution in [2.45, 2.75) is 25.2 Å². The van der Waals surface area contributed by atoms with Gasteiger partial charge in [-0.25, -0.2) is 0 Å². The summed E-state index contributed by atoms with van der Waals surface area (Å²) < 4.78 is 38.4. The van der Waals surface area contributed by atoms with Crippen molar-refractivity contribution in [3.05, 3.63) is 35.4 Å². The SMILES string of the molecule is O=C(CC1CSCCN1)N1CCN(Cc2cccc(C(F)(F)F)c2)CC1. The molecule has 2 saturated heterocycles. The van der Waals surface area contributed by atoms with Crippen LogP contribution in [0.1, 0.15) is 17.5 Å². The van der Waals surface area contributed by atoms with Crippen LogP contribution in [0, 0.1) is 0 Å². The predicted molar refractivity (Wildman–Crippen MR) is 97.0 cm³/mol. The van der Waals surface area contributed by atoms with E-state index in [2.05, 4.69) is 10.2 Å². The second-order valence-corrected chi connectivity index (χ2v) is 7.93. The topological polar surface area (TPSA) is 35.6 Å². The van der Waals surface area contributed by atoms with Gasteiger partial charge in [-0.2, -0.15) is 24.9 Å². The number of nitrogens with zero attached hydrogens (tertiary/aromatic N) is 2. The Balaban J connectivity index is 1.47. The van der Waals surface area contributed by atoms with E-state index in [1.807, 2.05) is 16.7 Å². The van der Waals surface area contributed by atoms with Crippen LogP contribution in [0.2, 0.25) is 0 Å². The molecule has 2 heterocycles. The standard InChI is InChI=1S/C18H24F3N3OS/c19-18(20,21)15-3-1-2-14(10-15)12-23-5-7-24(8-6-23)17(25)11-16-13-26-9-4-22-16/h1-3,10,16,22H,4-9,11-13H2. The van der Waals surface area contributed by atoms with Gasteiger partial charge in [0.1, 0.15) is 0 Å². The van der Waals surface area contributed by atoms with E-state index in [0.29, 0.717) is 44.7 Å². The van der Waals surface area contributed by atoms with Gasteiger partial charge in [-0.05, 0) is 11.6 Å². The number of rotatable bonds is 4. The molecule has 1 aromatic rings. The first-order valence-corrected chi connectivity index (χ1v) is 10.0. The lowest BCUT2D eigenvalue weighted by molar-refractivity contribution is -0.137. The first-order valence-electron chi connectivity index (χ1n) is 8.89. The fourth-order valence-corrected chi connectivity index (χ4v) is 4.30. The van der Waals surface area contributed by atoms with Gasteiger partial charge in [0.05, 0.1) is 5.56 Å². The predicted octanol–water partition coefficient (Wildman–Crippen LogP) is 2.44. The second kappa shape index (κ2) is 8.63. The number of thioether (sulfide) groups is 1. The highest BCUT2D eigenvalue weighted by Crippen LogP contribution is 2.29. The highest BCUT2D eigenvalue weighted by molar-refractivity contribution is 7.99. The molecule has 144 valence electrons. The molecule has 0 radical (unpaired) electrons. The molecular weight excluding hydrogens is 363 g/mol. The Labute approximate surface area is 156 Å². The second-order valence-electron chi connectivity index (χ2n) is 6.79. The number of nitrogens with one attached hydrogen (secondary N) is 1. The minimum Gasteiger partial charge on any atom is -0.340 e. The summed E-state index contributed by atoms with van der Waals surface area (Å²) in [4.78, 5) is 16.4. The summed E-state index contributed by atoms with van der Waals surface area (Å²) in [6, 6.07) is 5.73. The molecule has 8 heteroatoms. The smallest absolute Gasteiger partial charge is 0.340 e. The third-order valence-corrected chi connectivity index (χ3v) is 5.94. The Bertz CT molecular complexity index is 612. The van der Waals surface area contributed by atoms with E-state index < -0.39 is 11.7 Å². The van der Waals surface area contributed by atoms with Gasteiger partial charge in [-0.3, -0.25) is 9.69 Å². The number of alkyl halides is 3. The number of hydrogen-bond donors (Lipinski definition) is 1. The molecular formula is C18H24F3N3OS. The zero-order valence-electron chi connectivity index (χ0n) is 14.6. The molecule has 1 atom stereocenters. The molecule has 4 nitrogen and oxygen atoms in total. The number of piperazine rings is 1. The highest BCUT2D eigenvalue weighted by Gasteiger charge is 2.30. The average Bonchev–Trinajstić information content (AvgIpc) is 2.63. The first kappa shape index (κ1) is 19.5. The van der Waals surface area contributed by atoms with Crippen LogP contribution in [0.4, 0.5) is 13.2 Å². The van der Waals surface area contributed by atoms with Crippen molar-refractivity contribution in [3.8, 4) is 0 Å². The maximum Gasteiger partial charge on any atom is 0.416 e. The third-order valence-electron chi connectivity index (χ3n) is 4.80. The summed E-state index contributed by atoms with van der Waals surface area (Å²) in [5.41, 5.74) is 0.0460. The third kappa shape index (κ3) is 5.37. The molecule has 0 spiro atoms. The summed E-state index contributed by atoms with van der Waals surface area (Å²) in [6.07, 6.45) is -3.78. The van der Waals surface area contributed by atoms with Crippen molar-refractivity contribution in [2.24, 2.45) is 0 Å². The van der Waals surface area contributed by atoms with Gasteiger partial charge in [0.25, 0.3) is 0 Å². The monoisotopic (exact) mass is 387 g/mol. The van der Waals surface area contributed by atoms with Crippen molar-refractivity contribution in [1.82, 2.24) is 15.1 Å². The maximum atomic E-state index is 12.8. The van der Waals surface area contributed by atoms with E-state index in [1.54, 1.807) is 6.07 Å². The van der Waals surface area contributed by atoms with Crippen LogP contribution in [0.5, 0.6) is 0 Å². The van der Waals surface area contributed by atoms with Gasteiger partial charge in [0.15, 0.2) is 0 Å². The van der Waals surface area contributed by atoms with Crippen LogP contribution >= 0.6 is 11.8 Å². The van der Waals surface area contributed by atoms with E-state index in [4.69, 9.17) is 0 Å². The van der Waals surface area contributed by atoms with Crippen molar-refractivity contribution in [3.63, 3.8) is 0 Å². The molecule has 3 rings (SSSR count). The van der Waals surface area contributed by atoms with E-state index in [0.717, 1.165) is 24.1 Å². The van der Waals surface area contributed by atoms with Gasteiger partial charge in [-0.15, -0.1) is 0 Å². The molecule has 2 fully saturated rings. The number of amides is 1. The Morgan fingerprint density at radius 1 is 1.23 bits per heavy atom. The summed E-state index contributed by atoms with van der Waals surface area (Å²) in [5.74, 6) is 2.24. The van der Waals surface area contributed by atoms with Crippen molar-refractivity contribution in [2.75, 3.05) is 44.2 Å². The van der Waals surface area contributed by atoms with Crippen molar-refractivity contribution in [1.29, 1.82) is 0 Å². The zero-order valence-corrected chi connectivity index (χ0v) is 15.4. The molecule has 0 aliphatic carbocycles. The fourth-order valence-electron chi connectivity index (χ4n) is 3.35. The largest absolute Gasteiger partial charge is 0.416 e. The first-order chi connectivity index (χ1) is 12.4. The van der Waals surface area contributed by atoms with Gasteiger partial charge in [-0.1, -0.05) is 18.2 Å². The molecule has 26 heavy (non-hydrogen) atoms. The van der Waals surface area contributed by atoms with E-state index >= 15 is 0 Å². The minimum absolute atomic E-state index is 0.170. The van der Waals surface area contributed by atoms with E-state index in [1.165, 1.54) is 12.1 Å². The van der Waals surface area contributed by atoms with Crippen molar-refractivity contribution >= 4 is 17.7 Å². The summed E-state index contributed by atoms with van der Waals surface area (Å²) in [5, 5.41) is 3.38. The molecule has 1 amide bonds. The lowest BCUT2D eigenvalue weighted by Gasteiger charge is -2.36. The Morgan fingerprint density at radius 3 is 2.65 bits per heavy atom. The Kier molecular flexibility index (Phi) is 6.47. The number of hydrogen-bond acceptors (Lipinski definition) is 4. The van der Waals surface area contributed by atoms with Crippen LogP contribution in [-0.2, 0) is 17.5 Å². The van der Waals surface area contributed by atoms with Gasteiger partial charge >= 0.3 is 6.18 Å². The lowest BCUT2D eigenvalue weighted by Crippen LogP contribution is -2.50. The average molecular weight is 387 g/mol. The maximum absolute atomic E-state index is 12.8. The molecule has 1 unspecified atom stereocenters. The van der Waals surface area contributed by atoms with Crippen LogP contribution in [0.15, 0.2) is 24.3 Å². The van der Waals surface area contributed by atoms with Crippen LogP contribution < -0.4 is 5.32 Å². The summed E-state index contributed by atoms with van der Waals surface area (Å²) in [6.45, 7) is 4.08. The van der Waals surface area contributed by atoms with Gasteiger partial charge < -0.3 is 10.2 Å². The fraction of sp³-hybridized carbons (Fsp3) is 0.611. The van der Waals surface area contributed by atoms with Crippen LogP contribution in [-0.4, -0.2) is 66.0 Å². The van der Waals surface area contributed by atoms with Crippen molar-refractivity contribution < 1.29 is 18.0 Å². The molecule has 0 bridgehead atoms. The number of carbonyl (C=O) groups is 1. The molecule has 2 aliphatic rings. The summed E-state index contributed by atoms with van der Waals surface area (Å²) in [7, 11) is 0. The minimum atomic E-state index is -4.31. The van der Waals surface area contributed by atoms with E-state index in [-0.39, 0.29) is 11.9 Å². The number of halogens is 3. The number of benzene rings is 1. The molecule has 0 saturated carbocycles. The molecule has 1 N–H and O–H groups in total. The summed E-state index contributed by atoms with van der Waals surface area (Å²) >= 11 is 1.87. The number of carbonyl (C=O) groups excluding carboxylic acids is 1. The molecule has 0 aromatic heterocycles. The lowest BCUT2D eigenvalue weighted by atomic mass is 10.1.